The standard InChI is InChI=1S/C18H17N3O3S/c1-10-13-8-15(25-17(13)20(2)19-10)16(22)21-7-6-11-4-3-5-12(18(23)24)14(11)9-21/h3-5,8H,6-7,9H2,1-2H3,(H,23,24). The average Bonchev–Trinajstić information content (AvgIpc) is 3.15. The molecule has 1 amide bonds. The third-order valence-corrected chi connectivity index (χ3v) is 5.89. The van der Waals surface area contributed by atoms with E-state index in [2.05, 4.69) is 5.10 Å². The summed E-state index contributed by atoms with van der Waals surface area (Å²) in [5, 5.41) is 14.8. The number of rotatable bonds is 2. The number of carbonyl (C=O) groups excluding carboxylic acids is 1. The van der Waals surface area contributed by atoms with E-state index in [-0.39, 0.29) is 11.5 Å². The molecule has 3 heterocycles. The van der Waals surface area contributed by atoms with Crippen LogP contribution in [0.1, 0.15) is 36.9 Å². The second-order valence-corrected chi connectivity index (χ2v) is 7.29. The number of thiophene rings is 1. The molecule has 1 aliphatic rings. The van der Waals surface area contributed by atoms with Crippen molar-refractivity contribution in [2.24, 2.45) is 7.05 Å². The molecule has 2 aromatic heterocycles. The van der Waals surface area contributed by atoms with Gasteiger partial charge in [0.2, 0.25) is 0 Å². The van der Waals surface area contributed by atoms with E-state index in [1.165, 1.54) is 11.3 Å². The second kappa shape index (κ2) is 5.70. The summed E-state index contributed by atoms with van der Waals surface area (Å²) in [6.45, 7) is 2.86. The van der Waals surface area contributed by atoms with Crippen molar-refractivity contribution in [3.05, 3.63) is 51.5 Å². The minimum absolute atomic E-state index is 0.0496. The summed E-state index contributed by atoms with van der Waals surface area (Å²) in [4.78, 5) is 27.8. The van der Waals surface area contributed by atoms with Crippen LogP contribution in [-0.4, -0.2) is 38.2 Å². The Labute approximate surface area is 148 Å². The molecule has 6 nitrogen and oxygen atoms in total. The number of carbonyl (C=O) groups is 2. The van der Waals surface area contributed by atoms with Gasteiger partial charge in [-0.25, -0.2) is 4.79 Å². The second-order valence-electron chi connectivity index (χ2n) is 6.26. The molecule has 4 rings (SSSR count). The van der Waals surface area contributed by atoms with E-state index in [1.807, 2.05) is 26.1 Å². The molecule has 0 radical (unpaired) electrons. The highest BCUT2D eigenvalue weighted by atomic mass is 32.1. The lowest BCUT2D eigenvalue weighted by Crippen LogP contribution is -2.36. The Morgan fingerprint density at radius 1 is 1.32 bits per heavy atom. The number of nitrogens with zero attached hydrogens (tertiary/aromatic N) is 3. The molecule has 1 N–H and O–H groups in total. The first kappa shape index (κ1) is 15.8. The van der Waals surface area contributed by atoms with Gasteiger partial charge in [-0.1, -0.05) is 12.1 Å². The summed E-state index contributed by atoms with van der Waals surface area (Å²) in [5.41, 5.74) is 2.95. The Balaban J connectivity index is 1.67. The molecular formula is C18H17N3O3S. The Kier molecular flexibility index (Phi) is 3.61. The maximum atomic E-state index is 12.9. The van der Waals surface area contributed by atoms with E-state index in [0.717, 1.165) is 27.0 Å². The van der Waals surface area contributed by atoms with Crippen LogP contribution >= 0.6 is 11.3 Å². The molecule has 0 bridgehead atoms. The number of aromatic nitrogens is 2. The number of carboxylic acids is 1. The monoisotopic (exact) mass is 355 g/mol. The van der Waals surface area contributed by atoms with Crippen LogP contribution in [0.25, 0.3) is 10.2 Å². The number of aromatic carboxylic acids is 1. The van der Waals surface area contributed by atoms with Gasteiger partial charge >= 0.3 is 5.97 Å². The third kappa shape index (κ3) is 2.51. The van der Waals surface area contributed by atoms with Gasteiger partial charge in [-0.3, -0.25) is 9.48 Å². The van der Waals surface area contributed by atoms with Crippen LogP contribution in [0, 0.1) is 6.92 Å². The largest absolute Gasteiger partial charge is 0.478 e. The normalized spacial score (nSPS) is 13.9. The van der Waals surface area contributed by atoms with E-state index in [9.17, 15) is 14.7 Å². The third-order valence-electron chi connectivity index (χ3n) is 4.70. The van der Waals surface area contributed by atoms with Crippen molar-refractivity contribution < 1.29 is 14.7 Å². The van der Waals surface area contributed by atoms with Crippen LogP contribution in [0.5, 0.6) is 0 Å². The van der Waals surface area contributed by atoms with Gasteiger partial charge in [0, 0.05) is 25.5 Å². The predicted octanol–water partition coefficient (Wildman–Crippen LogP) is 2.84. The maximum Gasteiger partial charge on any atom is 0.336 e. The van der Waals surface area contributed by atoms with Crippen LogP contribution in [0.2, 0.25) is 0 Å². The lowest BCUT2D eigenvalue weighted by molar-refractivity contribution is 0.0678. The fraction of sp³-hybridized carbons (Fsp3) is 0.278. The lowest BCUT2D eigenvalue weighted by atomic mass is 9.95. The first-order valence-corrected chi connectivity index (χ1v) is 8.84. The molecule has 0 saturated heterocycles. The zero-order valence-corrected chi connectivity index (χ0v) is 14.8. The van der Waals surface area contributed by atoms with Crippen LogP contribution in [0.4, 0.5) is 0 Å². The lowest BCUT2D eigenvalue weighted by Gasteiger charge is -2.29. The fourth-order valence-electron chi connectivity index (χ4n) is 3.42. The van der Waals surface area contributed by atoms with Crippen molar-refractivity contribution >= 4 is 33.4 Å². The minimum atomic E-state index is -0.949. The molecule has 0 fully saturated rings. The summed E-state index contributed by atoms with van der Waals surface area (Å²) in [6.07, 6.45) is 0.674. The molecule has 1 aromatic carbocycles. The van der Waals surface area contributed by atoms with Gasteiger partial charge in [-0.15, -0.1) is 11.3 Å². The number of aryl methyl sites for hydroxylation is 2. The van der Waals surface area contributed by atoms with Crippen molar-refractivity contribution in [2.75, 3.05) is 6.54 Å². The van der Waals surface area contributed by atoms with Crippen molar-refractivity contribution in [3.63, 3.8) is 0 Å². The SMILES string of the molecule is Cc1nn(C)c2sc(C(=O)N3CCc4cccc(C(=O)O)c4C3)cc12. The number of hydrogen-bond donors (Lipinski definition) is 1. The summed E-state index contributed by atoms with van der Waals surface area (Å²) in [7, 11) is 1.87. The molecule has 25 heavy (non-hydrogen) atoms. The number of fused-ring (bicyclic) bond motifs is 2. The highest BCUT2D eigenvalue weighted by Crippen LogP contribution is 2.30. The average molecular weight is 355 g/mol. The van der Waals surface area contributed by atoms with E-state index >= 15 is 0 Å². The van der Waals surface area contributed by atoms with E-state index < -0.39 is 5.97 Å². The maximum absolute atomic E-state index is 12.9. The van der Waals surface area contributed by atoms with E-state index in [0.29, 0.717) is 24.4 Å². The Morgan fingerprint density at radius 2 is 2.12 bits per heavy atom. The molecule has 128 valence electrons. The van der Waals surface area contributed by atoms with Crippen LogP contribution in [-0.2, 0) is 20.0 Å². The quantitative estimate of drug-likeness (QED) is 0.767. The first-order chi connectivity index (χ1) is 12.0. The Bertz CT molecular complexity index is 984. The Morgan fingerprint density at radius 3 is 2.84 bits per heavy atom. The zero-order chi connectivity index (χ0) is 17.7. The van der Waals surface area contributed by atoms with Crippen LogP contribution in [0.3, 0.4) is 0 Å². The van der Waals surface area contributed by atoms with Crippen LogP contribution < -0.4 is 0 Å². The zero-order valence-electron chi connectivity index (χ0n) is 13.9. The van der Waals surface area contributed by atoms with Gasteiger partial charge in [-0.05, 0) is 36.6 Å². The minimum Gasteiger partial charge on any atom is -0.478 e. The molecule has 0 atom stereocenters. The van der Waals surface area contributed by atoms with Gasteiger partial charge in [-0.2, -0.15) is 5.10 Å². The number of hydrogen-bond acceptors (Lipinski definition) is 4. The number of benzene rings is 1. The molecule has 3 aromatic rings. The van der Waals surface area contributed by atoms with E-state index in [4.69, 9.17) is 0 Å². The van der Waals surface area contributed by atoms with Crippen molar-refractivity contribution in [1.29, 1.82) is 0 Å². The topological polar surface area (TPSA) is 75.4 Å². The van der Waals surface area contributed by atoms with Gasteiger partial charge in [0.05, 0.1) is 16.1 Å². The van der Waals surface area contributed by atoms with Crippen molar-refractivity contribution in [1.82, 2.24) is 14.7 Å². The van der Waals surface area contributed by atoms with E-state index in [1.54, 1.807) is 21.7 Å². The highest BCUT2D eigenvalue weighted by Gasteiger charge is 2.27. The molecular weight excluding hydrogens is 338 g/mol. The van der Waals surface area contributed by atoms with Gasteiger partial charge in [0.1, 0.15) is 4.83 Å². The molecule has 0 aliphatic carbocycles. The van der Waals surface area contributed by atoms with Crippen molar-refractivity contribution in [3.8, 4) is 0 Å². The summed E-state index contributed by atoms with van der Waals surface area (Å²) < 4.78 is 1.79. The summed E-state index contributed by atoms with van der Waals surface area (Å²) in [5.74, 6) is -0.999. The molecule has 0 saturated carbocycles. The smallest absolute Gasteiger partial charge is 0.336 e. The Hall–Kier alpha value is -2.67. The van der Waals surface area contributed by atoms with Gasteiger partial charge in [0.25, 0.3) is 5.91 Å². The van der Waals surface area contributed by atoms with Crippen molar-refractivity contribution in [2.45, 2.75) is 19.9 Å². The predicted molar refractivity (Wildman–Crippen MR) is 95.2 cm³/mol. The summed E-state index contributed by atoms with van der Waals surface area (Å²) >= 11 is 1.43. The highest BCUT2D eigenvalue weighted by molar-refractivity contribution is 7.20. The fourth-order valence-corrected chi connectivity index (χ4v) is 4.51. The molecule has 1 aliphatic heterocycles. The molecule has 0 unspecified atom stereocenters. The van der Waals surface area contributed by atoms with Gasteiger partial charge < -0.3 is 10.0 Å². The van der Waals surface area contributed by atoms with Gasteiger partial charge in [0.15, 0.2) is 0 Å². The van der Waals surface area contributed by atoms with Crippen LogP contribution in [0.15, 0.2) is 24.3 Å². The molecule has 0 spiro atoms. The molecule has 7 heteroatoms. The summed E-state index contributed by atoms with van der Waals surface area (Å²) in [6, 6.07) is 7.20. The number of amides is 1. The number of carboxylic acid groups (broad SMARTS) is 1. The first-order valence-electron chi connectivity index (χ1n) is 8.02.